The first kappa shape index (κ1) is 14.2. The molecule has 0 radical (unpaired) electrons. The van der Waals surface area contributed by atoms with E-state index in [2.05, 4.69) is 37.2 Å². The fourth-order valence-corrected chi connectivity index (χ4v) is 2.85. The van der Waals surface area contributed by atoms with Crippen molar-refractivity contribution in [2.24, 2.45) is 0 Å². The Balaban J connectivity index is 2.09. The zero-order valence-electron chi connectivity index (χ0n) is 11.2. The van der Waals surface area contributed by atoms with Crippen LogP contribution >= 0.6 is 23.4 Å². The molecule has 0 aliphatic heterocycles. The van der Waals surface area contributed by atoms with Crippen LogP contribution in [-0.2, 0) is 6.61 Å². The number of hydrogen-bond acceptors (Lipinski definition) is 3. The SMILES string of the molecule is CSc1c(C)cc(OCc2ccc(Cl)nc2)cc1C. The third kappa shape index (κ3) is 3.64. The molecule has 4 heteroatoms. The van der Waals surface area contributed by atoms with E-state index in [4.69, 9.17) is 16.3 Å². The molecule has 0 spiro atoms. The summed E-state index contributed by atoms with van der Waals surface area (Å²) >= 11 is 7.52. The number of aromatic nitrogens is 1. The molecule has 19 heavy (non-hydrogen) atoms. The average molecular weight is 294 g/mol. The quantitative estimate of drug-likeness (QED) is 0.605. The minimum atomic E-state index is 0.500. The number of nitrogens with zero attached hydrogens (tertiary/aromatic N) is 1. The predicted molar refractivity (Wildman–Crippen MR) is 81.3 cm³/mol. The first-order valence-electron chi connectivity index (χ1n) is 5.98. The lowest BCUT2D eigenvalue weighted by Gasteiger charge is -2.12. The molecule has 0 unspecified atom stereocenters. The van der Waals surface area contributed by atoms with Crippen molar-refractivity contribution in [1.82, 2.24) is 4.98 Å². The molecule has 0 aliphatic rings. The van der Waals surface area contributed by atoms with Gasteiger partial charge in [-0.1, -0.05) is 17.7 Å². The third-order valence-electron chi connectivity index (χ3n) is 2.83. The summed E-state index contributed by atoms with van der Waals surface area (Å²) in [5.41, 5.74) is 3.50. The lowest BCUT2D eigenvalue weighted by atomic mass is 10.1. The summed E-state index contributed by atoms with van der Waals surface area (Å²) in [4.78, 5) is 5.36. The van der Waals surface area contributed by atoms with E-state index < -0.39 is 0 Å². The van der Waals surface area contributed by atoms with Crippen LogP contribution in [0.5, 0.6) is 5.75 Å². The highest BCUT2D eigenvalue weighted by atomic mass is 35.5. The van der Waals surface area contributed by atoms with Crippen molar-refractivity contribution in [3.63, 3.8) is 0 Å². The molecule has 1 aromatic carbocycles. The summed E-state index contributed by atoms with van der Waals surface area (Å²) in [6.45, 7) is 4.72. The van der Waals surface area contributed by atoms with Gasteiger partial charge in [-0.05, 0) is 49.4 Å². The molecule has 0 fully saturated rings. The van der Waals surface area contributed by atoms with Gasteiger partial charge in [0.2, 0.25) is 0 Å². The summed E-state index contributed by atoms with van der Waals surface area (Å²) in [5.74, 6) is 0.891. The number of thioether (sulfide) groups is 1. The Bertz CT molecular complexity index is 546. The fraction of sp³-hybridized carbons (Fsp3) is 0.267. The van der Waals surface area contributed by atoms with Gasteiger partial charge < -0.3 is 4.74 Å². The number of aryl methyl sites for hydroxylation is 2. The van der Waals surface area contributed by atoms with Gasteiger partial charge in [-0.15, -0.1) is 11.8 Å². The van der Waals surface area contributed by atoms with Gasteiger partial charge in [-0.3, -0.25) is 0 Å². The molecule has 1 aromatic heterocycles. The van der Waals surface area contributed by atoms with Crippen LogP contribution < -0.4 is 4.74 Å². The van der Waals surface area contributed by atoms with Gasteiger partial charge in [-0.2, -0.15) is 0 Å². The molecule has 100 valence electrons. The molecule has 0 aliphatic carbocycles. The zero-order valence-corrected chi connectivity index (χ0v) is 12.8. The van der Waals surface area contributed by atoms with Crippen LogP contribution in [0.15, 0.2) is 35.4 Å². The molecule has 0 saturated carbocycles. The Morgan fingerprint density at radius 2 is 1.89 bits per heavy atom. The van der Waals surface area contributed by atoms with E-state index in [1.165, 1.54) is 16.0 Å². The van der Waals surface area contributed by atoms with Crippen molar-refractivity contribution < 1.29 is 4.74 Å². The van der Waals surface area contributed by atoms with Crippen LogP contribution in [0.25, 0.3) is 0 Å². The highest BCUT2D eigenvalue weighted by molar-refractivity contribution is 7.98. The Kier molecular flexibility index (Phi) is 4.72. The number of pyridine rings is 1. The lowest BCUT2D eigenvalue weighted by molar-refractivity contribution is 0.305. The van der Waals surface area contributed by atoms with E-state index in [1.54, 1.807) is 24.0 Å². The number of benzene rings is 1. The van der Waals surface area contributed by atoms with E-state index in [-0.39, 0.29) is 0 Å². The molecule has 2 nitrogen and oxygen atoms in total. The minimum Gasteiger partial charge on any atom is -0.489 e. The highest BCUT2D eigenvalue weighted by Crippen LogP contribution is 2.29. The number of rotatable bonds is 4. The van der Waals surface area contributed by atoms with E-state index in [0.29, 0.717) is 11.8 Å². The summed E-state index contributed by atoms with van der Waals surface area (Å²) in [5, 5.41) is 0.500. The minimum absolute atomic E-state index is 0.500. The van der Waals surface area contributed by atoms with Crippen LogP contribution in [0, 0.1) is 13.8 Å². The van der Waals surface area contributed by atoms with E-state index in [0.717, 1.165) is 11.3 Å². The van der Waals surface area contributed by atoms with E-state index in [9.17, 15) is 0 Å². The van der Waals surface area contributed by atoms with Gasteiger partial charge in [0, 0.05) is 16.7 Å². The van der Waals surface area contributed by atoms with Crippen molar-refractivity contribution in [3.05, 3.63) is 52.3 Å². The zero-order chi connectivity index (χ0) is 13.8. The van der Waals surface area contributed by atoms with Gasteiger partial charge in [0.15, 0.2) is 0 Å². The normalized spacial score (nSPS) is 10.5. The second-order valence-electron chi connectivity index (χ2n) is 4.37. The van der Waals surface area contributed by atoms with Crippen molar-refractivity contribution in [2.75, 3.05) is 6.26 Å². The molecule has 2 rings (SSSR count). The van der Waals surface area contributed by atoms with E-state index >= 15 is 0 Å². The Morgan fingerprint density at radius 3 is 2.42 bits per heavy atom. The molecule has 2 aromatic rings. The van der Waals surface area contributed by atoms with Crippen LogP contribution in [0.1, 0.15) is 16.7 Å². The van der Waals surface area contributed by atoms with Crippen molar-refractivity contribution in [3.8, 4) is 5.75 Å². The summed E-state index contributed by atoms with van der Waals surface area (Å²) in [7, 11) is 0. The second kappa shape index (κ2) is 6.31. The third-order valence-corrected chi connectivity index (χ3v) is 4.11. The molecule has 0 saturated heterocycles. The van der Waals surface area contributed by atoms with Crippen molar-refractivity contribution >= 4 is 23.4 Å². The van der Waals surface area contributed by atoms with Gasteiger partial charge in [0.05, 0.1) is 0 Å². The molecule has 1 heterocycles. The maximum atomic E-state index is 5.80. The van der Waals surface area contributed by atoms with Crippen molar-refractivity contribution in [1.29, 1.82) is 0 Å². The predicted octanol–water partition coefficient (Wildman–Crippen LogP) is 4.65. The monoisotopic (exact) mass is 293 g/mol. The Hall–Kier alpha value is -1.19. The molecule has 0 amide bonds. The van der Waals surface area contributed by atoms with Crippen LogP contribution in [0.3, 0.4) is 0 Å². The summed E-state index contributed by atoms with van der Waals surface area (Å²) in [6.07, 6.45) is 3.83. The molecule has 0 N–H and O–H groups in total. The Labute approximate surface area is 123 Å². The summed E-state index contributed by atoms with van der Waals surface area (Å²) < 4.78 is 5.80. The maximum absolute atomic E-state index is 5.80. The van der Waals surface area contributed by atoms with Crippen LogP contribution in [-0.4, -0.2) is 11.2 Å². The van der Waals surface area contributed by atoms with Crippen LogP contribution in [0.2, 0.25) is 5.15 Å². The van der Waals surface area contributed by atoms with Crippen LogP contribution in [0.4, 0.5) is 0 Å². The highest BCUT2D eigenvalue weighted by Gasteiger charge is 2.05. The molecule has 0 atom stereocenters. The number of hydrogen-bond donors (Lipinski definition) is 0. The fourth-order valence-electron chi connectivity index (χ4n) is 1.97. The molecular formula is C15H16ClNOS. The van der Waals surface area contributed by atoms with Gasteiger partial charge >= 0.3 is 0 Å². The van der Waals surface area contributed by atoms with E-state index in [1.807, 2.05) is 6.07 Å². The standard InChI is InChI=1S/C15H16ClNOS/c1-10-6-13(7-11(2)15(10)19-3)18-9-12-4-5-14(16)17-8-12/h4-8H,9H2,1-3H3. The van der Waals surface area contributed by atoms with Gasteiger partial charge in [0.1, 0.15) is 17.5 Å². The number of ether oxygens (including phenoxy) is 1. The van der Waals surface area contributed by atoms with Gasteiger partial charge in [-0.25, -0.2) is 4.98 Å². The first-order chi connectivity index (χ1) is 9.10. The second-order valence-corrected chi connectivity index (χ2v) is 5.57. The summed E-state index contributed by atoms with van der Waals surface area (Å²) in [6, 6.07) is 7.84. The van der Waals surface area contributed by atoms with Crippen molar-refractivity contribution in [2.45, 2.75) is 25.3 Å². The average Bonchev–Trinajstić information content (AvgIpc) is 2.38. The Morgan fingerprint density at radius 1 is 1.21 bits per heavy atom. The molecule has 0 bridgehead atoms. The smallest absolute Gasteiger partial charge is 0.129 e. The maximum Gasteiger partial charge on any atom is 0.129 e. The van der Waals surface area contributed by atoms with Gasteiger partial charge in [0.25, 0.3) is 0 Å². The first-order valence-corrected chi connectivity index (χ1v) is 7.59. The lowest BCUT2D eigenvalue weighted by Crippen LogP contribution is -1.97. The number of halogens is 1. The molecular weight excluding hydrogens is 278 g/mol. The largest absolute Gasteiger partial charge is 0.489 e. The topological polar surface area (TPSA) is 22.1 Å².